The number of carbonyl (C=O) groups excluding carboxylic acids is 1. The molecule has 1 aliphatic heterocycles. The number of hydrogen-bond donors (Lipinski definition) is 3. The molecule has 2 rings (SSSR count). The number of rotatable bonds is 5. The monoisotopic (exact) mass is 292 g/mol. The highest BCUT2D eigenvalue weighted by molar-refractivity contribution is 5.89. The first kappa shape index (κ1) is 15.8. The number of carbonyl (C=O) groups is 1. The van der Waals surface area contributed by atoms with Crippen LogP contribution in [-0.2, 0) is 0 Å². The van der Waals surface area contributed by atoms with Crippen molar-refractivity contribution in [3.05, 3.63) is 29.8 Å². The highest BCUT2D eigenvalue weighted by Crippen LogP contribution is 2.23. The predicted octanol–water partition coefficient (Wildman–Crippen LogP) is 2.51. The van der Waals surface area contributed by atoms with Crippen LogP contribution in [0.1, 0.15) is 44.3 Å². The van der Waals surface area contributed by atoms with E-state index >= 15 is 0 Å². The van der Waals surface area contributed by atoms with Crippen LogP contribution < -0.4 is 5.32 Å². The van der Waals surface area contributed by atoms with Crippen molar-refractivity contribution in [3.63, 3.8) is 0 Å². The van der Waals surface area contributed by atoms with Gasteiger partial charge in [0.2, 0.25) is 0 Å². The van der Waals surface area contributed by atoms with Gasteiger partial charge < -0.3 is 20.4 Å². The summed E-state index contributed by atoms with van der Waals surface area (Å²) in [6.07, 6.45) is 3.11. The van der Waals surface area contributed by atoms with Crippen molar-refractivity contribution in [3.8, 4) is 0 Å². The first-order valence-electron chi connectivity index (χ1n) is 7.58. The number of nitrogens with one attached hydrogen (secondary N) is 1. The number of likely N-dealkylation sites (tertiary alicyclic amines) is 1. The van der Waals surface area contributed by atoms with Gasteiger partial charge in [-0.2, -0.15) is 0 Å². The summed E-state index contributed by atoms with van der Waals surface area (Å²) in [6, 6.07) is 7.38. The number of hydrogen-bond acceptors (Lipinski definition) is 3. The number of anilines is 1. The highest BCUT2D eigenvalue weighted by Gasteiger charge is 2.28. The molecule has 1 aliphatic rings. The molecule has 0 bridgehead atoms. The maximum Gasteiger partial charge on any atom is 0.322 e. The largest absolute Gasteiger partial charge is 0.396 e. The van der Waals surface area contributed by atoms with E-state index in [1.807, 2.05) is 17.0 Å². The molecule has 2 atom stereocenters. The van der Waals surface area contributed by atoms with E-state index in [2.05, 4.69) is 5.32 Å². The zero-order valence-corrected chi connectivity index (χ0v) is 12.5. The Morgan fingerprint density at radius 3 is 2.76 bits per heavy atom. The molecule has 1 heterocycles. The van der Waals surface area contributed by atoms with Gasteiger partial charge in [-0.25, -0.2) is 4.79 Å². The van der Waals surface area contributed by atoms with Gasteiger partial charge in [-0.1, -0.05) is 12.1 Å². The Balaban J connectivity index is 1.93. The molecule has 0 spiro atoms. The summed E-state index contributed by atoms with van der Waals surface area (Å²) in [4.78, 5) is 14.2. The molecule has 1 saturated heterocycles. The summed E-state index contributed by atoms with van der Waals surface area (Å²) >= 11 is 0. The van der Waals surface area contributed by atoms with E-state index in [1.165, 1.54) is 0 Å². The molecular formula is C16H24N2O3. The zero-order chi connectivity index (χ0) is 15.2. The van der Waals surface area contributed by atoms with Gasteiger partial charge in [0.1, 0.15) is 0 Å². The number of aliphatic hydroxyl groups is 2. The lowest BCUT2D eigenvalue weighted by molar-refractivity contribution is 0.197. The standard InChI is InChI=1S/C16H24N2O3/c1-12(20)13-6-8-14(9-7-13)17-16(21)18-10-2-4-15(18)5-3-11-19/h6-9,12,15,19-20H,2-5,10-11H2,1H3,(H,17,21). The lowest BCUT2D eigenvalue weighted by atomic mass is 10.1. The van der Waals surface area contributed by atoms with Gasteiger partial charge in [0.25, 0.3) is 0 Å². The predicted molar refractivity (Wildman–Crippen MR) is 82.1 cm³/mol. The van der Waals surface area contributed by atoms with Crippen molar-refractivity contribution in [1.82, 2.24) is 4.90 Å². The van der Waals surface area contributed by atoms with E-state index < -0.39 is 6.10 Å². The van der Waals surface area contributed by atoms with E-state index in [1.54, 1.807) is 19.1 Å². The van der Waals surface area contributed by atoms with Gasteiger partial charge in [0.15, 0.2) is 0 Å². The van der Waals surface area contributed by atoms with Gasteiger partial charge >= 0.3 is 6.03 Å². The Hall–Kier alpha value is -1.59. The fourth-order valence-electron chi connectivity index (χ4n) is 2.77. The van der Waals surface area contributed by atoms with Crippen LogP contribution >= 0.6 is 0 Å². The molecule has 2 unspecified atom stereocenters. The number of amides is 2. The van der Waals surface area contributed by atoms with Crippen LogP contribution in [0, 0.1) is 0 Å². The van der Waals surface area contributed by atoms with Crippen LogP contribution in [0.4, 0.5) is 10.5 Å². The molecule has 3 N–H and O–H groups in total. The minimum atomic E-state index is -0.504. The van der Waals surface area contributed by atoms with E-state index in [-0.39, 0.29) is 18.7 Å². The SMILES string of the molecule is CC(O)c1ccc(NC(=O)N2CCCC2CCCO)cc1. The maximum absolute atomic E-state index is 12.3. The van der Waals surface area contributed by atoms with Crippen LogP contribution in [0.25, 0.3) is 0 Å². The Morgan fingerprint density at radius 1 is 1.43 bits per heavy atom. The van der Waals surface area contributed by atoms with E-state index in [0.717, 1.165) is 43.5 Å². The molecule has 0 aliphatic carbocycles. The zero-order valence-electron chi connectivity index (χ0n) is 12.5. The van der Waals surface area contributed by atoms with Gasteiger partial charge in [-0.05, 0) is 50.3 Å². The normalized spacial score (nSPS) is 19.6. The van der Waals surface area contributed by atoms with Gasteiger partial charge in [0.05, 0.1) is 6.10 Å². The summed E-state index contributed by atoms with van der Waals surface area (Å²) in [7, 11) is 0. The number of urea groups is 1. The fourth-order valence-corrected chi connectivity index (χ4v) is 2.77. The molecule has 21 heavy (non-hydrogen) atoms. The molecule has 0 saturated carbocycles. The average Bonchev–Trinajstić information content (AvgIpc) is 2.94. The molecular weight excluding hydrogens is 268 g/mol. The van der Waals surface area contributed by atoms with Crippen molar-refractivity contribution >= 4 is 11.7 Å². The van der Waals surface area contributed by atoms with Crippen molar-refractivity contribution in [2.75, 3.05) is 18.5 Å². The lowest BCUT2D eigenvalue weighted by Gasteiger charge is -2.25. The second-order valence-electron chi connectivity index (χ2n) is 5.58. The van der Waals surface area contributed by atoms with Crippen molar-refractivity contribution in [1.29, 1.82) is 0 Å². The van der Waals surface area contributed by atoms with Crippen LogP contribution in [0.2, 0.25) is 0 Å². The Morgan fingerprint density at radius 2 is 2.14 bits per heavy atom. The summed E-state index contributed by atoms with van der Waals surface area (Å²) in [5, 5.41) is 21.3. The topological polar surface area (TPSA) is 72.8 Å². The van der Waals surface area contributed by atoms with Crippen LogP contribution in [0.15, 0.2) is 24.3 Å². The second-order valence-corrected chi connectivity index (χ2v) is 5.58. The number of benzene rings is 1. The summed E-state index contributed by atoms with van der Waals surface area (Å²) < 4.78 is 0. The molecule has 1 aromatic carbocycles. The van der Waals surface area contributed by atoms with Crippen LogP contribution in [0.5, 0.6) is 0 Å². The van der Waals surface area contributed by atoms with Gasteiger partial charge in [0, 0.05) is 24.9 Å². The molecule has 0 aromatic heterocycles. The summed E-state index contributed by atoms with van der Waals surface area (Å²) in [5.41, 5.74) is 1.56. The number of aliphatic hydroxyl groups excluding tert-OH is 2. The molecule has 1 fully saturated rings. The Labute approximate surface area is 125 Å². The first-order valence-corrected chi connectivity index (χ1v) is 7.58. The molecule has 2 amide bonds. The molecule has 116 valence electrons. The van der Waals surface area contributed by atoms with E-state index in [9.17, 15) is 9.90 Å². The van der Waals surface area contributed by atoms with E-state index in [4.69, 9.17) is 5.11 Å². The van der Waals surface area contributed by atoms with E-state index in [0.29, 0.717) is 0 Å². The molecule has 0 radical (unpaired) electrons. The third-order valence-corrected chi connectivity index (χ3v) is 3.98. The van der Waals surface area contributed by atoms with Crippen molar-refractivity contribution in [2.45, 2.75) is 44.8 Å². The van der Waals surface area contributed by atoms with Gasteiger partial charge in [-0.3, -0.25) is 0 Å². The minimum Gasteiger partial charge on any atom is -0.396 e. The molecule has 5 heteroatoms. The molecule has 1 aromatic rings. The Bertz CT molecular complexity index is 459. The fraction of sp³-hybridized carbons (Fsp3) is 0.562. The van der Waals surface area contributed by atoms with Crippen LogP contribution in [0.3, 0.4) is 0 Å². The smallest absolute Gasteiger partial charge is 0.322 e. The Kier molecular flexibility index (Phi) is 5.59. The summed E-state index contributed by atoms with van der Waals surface area (Å²) in [5.74, 6) is 0. The van der Waals surface area contributed by atoms with Crippen LogP contribution in [-0.4, -0.2) is 40.3 Å². The average molecular weight is 292 g/mol. The highest BCUT2D eigenvalue weighted by atomic mass is 16.3. The summed E-state index contributed by atoms with van der Waals surface area (Å²) in [6.45, 7) is 2.66. The van der Waals surface area contributed by atoms with Crippen molar-refractivity contribution < 1.29 is 15.0 Å². The molecule has 5 nitrogen and oxygen atoms in total. The second kappa shape index (κ2) is 7.43. The minimum absolute atomic E-state index is 0.0831. The maximum atomic E-state index is 12.3. The third kappa shape index (κ3) is 4.19. The number of nitrogens with zero attached hydrogens (tertiary/aromatic N) is 1. The third-order valence-electron chi connectivity index (χ3n) is 3.98. The first-order chi connectivity index (χ1) is 10.1. The van der Waals surface area contributed by atoms with Gasteiger partial charge in [-0.15, -0.1) is 0 Å². The quantitative estimate of drug-likeness (QED) is 0.780. The lowest BCUT2D eigenvalue weighted by Crippen LogP contribution is -2.38. The van der Waals surface area contributed by atoms with Crippen molar-refractivity contribution in [2.24, 2.45) is 0 Å².